The molecule has 0 aromatic carbocycles. The van der Waals surface area contributed by atoms with E-state index in [1.54, 1.807) is 0 Å². The molecule has 0 aliphatic carbocycles. The number of unbranched alkanes of at least 4 members (excludes halogenated alkanes) is 6. The van der Waals surface area contributed by atoms with Crippen molar-refractivity contribution in [1.29, 1.82) is 0 Å². The maximum atomic E-state index is 9.60. The number of hydrogen-bond donors (Lipinski definition) is 5. The lowest BCUT2D eigenvalue weighted by molar-refractivity contribution is -0.132. The molecule has 22 heavy (non-hydrogen) atoms. The van der Waals surface area contributed by atoms with Crippen LogP contribution in [0, 0.1) is 0 Å². The van der Waals surface area contributed by atoms with E-state index in [1.165, 1.54) is 6.92 Å². The van der Waals surface area contributed by atoms with E-state index in [9.17, 15) is 4.79 Å². The lowest BCUT2D eigenvalue weighted by atomic mass is 10.2. The number of carboxylic acid groups (broad SMARTS) is 1. The van der Waals surface area contributed by atoms with E-state index in [0.717, 1.165) is 51.4 Å². The van der Waals surface area contributed by atoms with E-state index in [1.807, 2.05) is 0 Å². The molecular formula is C16H34O6. The smallest absolute Gasteiger partial charge is 0.330 e. The number of aliphatic carboxylic acids is 1. The second kappa shape index (κ2) is 25.0. The van der Waals surface area contributed by atoms with Gasteiger partial charge in [-0.05, 0) is 32.6 Å². The third-order valence-corrected chi connectivity index (χ3v) is 2.50. The van der Waals surface area contributed by atoms with Gasteiger partial charge in [0.2, 0.25) is 0 Å². The number of aliphatic hydroxyl groups is 4. The van der Waals surface area contributed by atoms with E-state index < -0.39 is 5.97 Å². The standard InChI is InChI=1S/2C6H14O2.C4H6O2/c2*7-5-3-1-2-4-6-8;1-3(2)4(5)6/h2*7-8H,1-6H2;1H2,2H3,(H,5,6). The predicted octanol–water partition coefficient (Wildman–Crippen LogP) is 1.71. The monoisotopic (exact) mass is 322 g/mol. The molecule has 0 saturated heterocycles. The van der Waals surface area contributed by atoms with Crippen LogP contribution < -0.4 is 0 Å². The lowest BCUT2D eigenvalue weighted by Gasteiger charge is -1.93. The zero-order valence-corrected chi connectivity index (χ0v) is 13.8. The quantitative estimate of drug-likeness (QED) is 0.292. The fraction of sp³-hybridized carbons (Fsp3) is 0.812. The Labute approximate surface area is 134 Å². The first-order chi connectivity index (χ1) is 10.5. The summed E-state index contributed by atoms with van der Waals surface area (Å²) in [6.45, 7) is 5.73. The van der Waals surface area contributed by atoms with Gasteiger partial charge in [-0.1, -0.05) is 32.3 Å². The van der Waals surface area contributed by atoms with Crippen LogP contribution in [0.1, 0.15) is 58.3 Å². The number of hydrogen-bond acceptors (Lipinski definition) is 5. The molecule has 6 nitrogen and oxygen atoms in total. The third kappa shape index (κ3) is 36.4. The van der Waals surface area contributed by atoms with Gasteiger partial charge in [-0.15, -0.1) is 0 Å². The van der Waals surface area contributed by atoms with E-state index in [2.05, 4.69) is 6.58 Å². The molecule has 0 spiro atoms. The molecule has 0 heterocycles. The molecule has 0 bridgehead atoms. The minimum atomic E-state index is -0.935. The molecule has 6 heteroatoms. The van der Waals surface area contributed by atoms with Crippen molar-refractivity contribution in [2.45, 2.75) is 58.3 Å². The second-order valence-corrected chi connectivity index (χ2v) is 4.81. The second-order valence-electron chi connectivity index (χ2n) is 4.81. The summed E-state index contributed by atoms with van der Waals surface area (Å²) < 4.78 is 0. The zero-order chi connectivity index (χ0) is 17.6. The van der Waals surface area contributed by atoms with Gasteiger partial charge >= 0.3 is 5.97 Å². The summed E-state index contributed by atoms with van der Waals surface area (Å²) in [7, 11) is 0. The Morgan fingerprint density at radius 2 is 0.864 bits per heavy atom. The molecule has 0 saturated carbocycles. The van der Waals surface area contributed by atoms with Gasteiger partial charge in [0, 0.05) is 32.0 Å². The van der Waals surface area contributed by atoms with Gasteiger partial charge in [-0.3, -0.25) is 0 Å². The van der Waals surface area contributed by atoms with Crippen LogP contribution in [-0.2, 0) is 4.79 Å². The summed E-state index contributed by atoms with van der Waals surface area (Å²) in [5, 5.41) is 41.1. The van der Waals surface area contributed by atoms with Crippen LogP contribution in [0.5, 0.6) is 0 Å². The summed E-state index contributed by atoms with van der Waals surface area (Å²) in [5.41, 5.74) is 0.176. The highest BCUT2D eigenvalue weighted by Gasteiger charge is 1.90. The number of carbonyl (C=O) groups is 1. The first-order valence-corrected chi connectivity index (χ1v) is 7.80. The van der Waals surface area contributed by atoms with Crippen LogP contribution in [0.25, 0.3) is 0 Å². The Balaban J connectivity index is -0.000000249. The number of carboxylic acids is 1. The van der Waals surface area contributed by atoms with Gasteiger partial charge in [0.15, 0.2) is 0 Å². The van der Waals surface area contributed by atoms with E-state index >= 15 is 0 Å². The fourth-order valence-electron chi connectivity index (χ4n) is 1.15. The van der Waals surface area contributed by atoms with Crippen LogP contribution in [0.2, 0.25) is 0 Å². The molecule has 0 radical (unpaired) electrons. The van der Waals surface area contributed by atoms with Crippen molar-refractivity contribution in [1.82, 2.24) is 0 Å². The summed E-state index contributed by atoms with van der Waals surface area (Å²) in [6, 6.07) is 0. The highest BCUT2D eigenvalue weighted by molar-refractivity contribution is 5.84. The molecule has 0 rings (SSSR count). The highest BCUT2D eigenvalue weighted by Crippen LogP contribution is 1.97. The molecule has 0 atom stereocenters. The summed E-state index contributed by atoms with van der Waals surface area (Å²) in [5.74, 6) is -0.935. The van der Waals surface area contributed by atoms with Gasteiger partial charge < -0.3 is 25.5 Å². The molecule has 5 N–H and O–H groups in total. The topological polar surface area (TPSA) is 118 Å². The summed E-state index contributed by atoms with van der Waals surface area (Å²) >= 11 is 0. The molecular weight excluding hydrogens is 288 g/mol. The summed E-state index contributed by atoms with van der Waals surface area (Å²) in [6.07, 6.45) is 7.66. The minimum absolute atomic E-state index is 0.176. The zero-order valence-electron chi connectivity index (χ0n) is 13.8. The Kier molecular flexibility index (Phi) is 29.6. The van der Waals surface area contributed by atoms with Crippen LogP contribution in [0.4, 0.5) is 0 Å². The van der Waals surface area contributed by atoms with Crippen molar-refractivity contribution in [3.63, 3.8) is 0 Å². The van der Waals surface area contributed by atoms with E-state index in [0.29, 0.717) is 0 Å². The normalized spacial score (nSPS) is 9.14. The average Bonchev–Trinajstić information content (AvgIpc) is 2.49. The van der Waals surface area contributed by atoms with Crippen molar-refractivity contribution < 1.29 is 30.3 Å². The fourth-order valence-corrected chi connectivity index (χ4v) is 1.15. The molecule has 0 aliphatic heterocycles. The van der Waals surface area contributed by atoms with Gasteiger partial charge in [0.25, 0.3) is 0 Å². The number of aliphatic hydroxyl groups excluding tert-OH is 4. The Morgan fingerprint density at radius 1 is 0.682 bits per heavy atom. The van der Waals surface area contributed by atoms with Crippen molar-refractivity contribution in [3.8, 4) is 0 Å². The third-order valence-electron chi connectivity index (χ3n) is 2.50. The molecule has 0 aromatic rings. The molecule has 0 fully saturated rings. The van der Waals surface area contributed by atoms with Crippen molar-refractivity contribution in [2.24, 2.45) is 0 Å². The maximum Gasteiger partial charge on any atom is 0.330 e. The van der Waals surface area contributed by atoms with Gasteiger partial charge in [-0.2, -0.15) is 0 Å². The minimum Gasteiger partial charge on any atom is -0.478 e. The summed E-state index contributed by atoms with van der Waals surface area (Å²) in [4.78, 5) is 9.60. The van der Waals surface area contributed by atoms with Crippen LogP contribution >= 0.6 is 0 Å². The van der Waals surface area contributed by atoms with E-state index in [4.69, 9.17) is 25.5 Å². The molecule has 134 valence electrons. The Hall–Kier alpha value is -0.950. The SMILES string of the molecule is C=C(C)C(=O)O.OCCCCCCO.OCCCCCCO. The average molecular weight is 322 g/mol. The van der Waals surface area contributed by atoms with Gasteiger partial charge in [0.05, 0.1) is 0 Å². The molecule has 0 aliphatic rings. The first-order valence-electron chi connectivity index (χ1n) is 7.80. The largest absolute Gasteiger partial charge is 0.478 e. The van der Waals surface area contributed by atoms with Crippen LogP contribution in [0.3, 0.4) is 0 Å². The van der Waals surface area contributed by atoms with Crippen LogP contribution in [0.15, 0.2) is 12.2 Å². The number of rotatable bonds is 11. The Bertz CT molecular complexity index is 195. The van der Waals surface area contributed by atoms with Crippen molar-refractivity contribution in [3.05, 3.63) is 12.2 Å². The lowest BCUT2D eigenvalue weighted by Crippen LogP contribution is -1.92. The van der Waals surface area contributed by atoms with Crippen molar-refractivity contribution >= 4 is 5.97 Å². The first kappa shape index (κ1) is 26.0. The maximum absolute atomic E-state index is 9.60. The van der Waals surface area contributed by atoms with Crippen LogP contribution in [-0.4, -0.2) is 57.9 Å². The van der Waals surface area contributed by atoms with Gasteiger partial charge in [-0.25, -0.2) is 4.79 Å². The van der Waals surface area contributed by atoms with Gasteiger partial charge in [0.1, 0.15) is 0 Å². The Morgan fingerprint density at radius 3 is 0.955 bits per heavy atom. The predicted molar refractivity (Wildman–Crippen MR) is 87.7 cm³/mol. The molecule has 0 unspecified atom stereocenters. The van der Waals surface area contributed by atoms with Crippen molar-refractivity contribution in [2.75, 3.05) is 26.4 Å². The highest BCUT2D eigenvalue weighted by atomic mass is 16.4. The molecule has 0 amide bonds. The van der Waals surface area contributed by atoms with E-state index in [-0.39, 0.29) is 32.0 Å². The molecule has 0 aromatic heterocycles.